The molecule has 0 bridgehead atoms. The van der Waals surface area contributed by atoms with Crippen LogP contribution < -0.4 is 4.90 Å². The highest BCUT2D eigenvalue weighted by molar-refractivity contribution is 5.77. The van der Waals surface area contributed by atoms with E-state index < -0.39 is 0 Å². The quantitative estimate of drug-likeness (QED) is 0.690. The highest BCUT2D eigenvalue weighted by atomic mass is 16.3. The predicted octanol–water partition coefficient (Wildman–Crippen LogP) is 5.48. The van der Waals surface area contributed by atoms with Crippen molar-refractivity contribution in [2.24, 2.45) is 0 Å². The van der Waals surface area contributed by atoms with E-state index in [0.717, 1.165) is 17.1 Å². The van der Waals surface area contributed by atoms with E-state index in [1.807, 2.05) is 12.1 Å². The molecule has 1 N–H and O–H groups in total. The number of benzene rings is 3. The van der Waals surface area contributed by atoms with Crippen LogP contribution in [0.3, 0.4) is 0 Å². The van der Waals surface area contributed by atoms with E-state index in [4.69, 9.17) is 0 Å². The molecule has 0 radical (unpaired) electrons. The lowest BCUT2D eigenvalue weighted by molar-refractivity contribution is 0.475. The third-order valence-electron chi connectivity index (χ3n) is 3.66. The smallest absolute Gasteiger partial charge is 0.115 e. The topological polar surface area (TPSA) is 23.5 Å². The molecule has 0 atom stereocenters. The fourth-order valence-corrected chi connectivity index (χ4v) is 2.51. The maximum absolute atomic E-state index is 9.54. The van der Waals surface area contributed by atoms with Gasteiger partial charge in [0.25, 0.3) is 0 Å². The minimum absolute atomic E-state index is 0.275. The van der Waals surface area contributed by atoms with Gasteiger partial charge >= 0.3 is 0 Å². The Kier molecular flexibility index (Phi) is 3.84. The van der Waals surface area contributed by atoms with Gasteiger partial charge in [0.15, 0.2) is 0 Å². The molecule has 110 valence electrons. The summed E-state index contributed by atoms with van der Waals surface area (Å²) in [4.78, 5) is 2.19. The maximum atomic E-state index is 9.54. The van der Waals surface area contributed by atoms with Gasteiger partial charge in [-0.1, -0.05) is 29.8 Å². The third-order valence-corrected chi connectivity index (χ3v) is 3.66. The lowest BCUT2D eigenvalue weighted by Gasteiger charge is -2.26. The molecule has 0 aliphatic heterocycles. The molecule has 2 heteroatoms. The Balaban J connectivity index is 2.13. The molecular weight excluding hydrogens is 270 g/mol. The zero-order valence-electron chi connectivity index (χ0n) is 12.8. The van der Waals surface area contributed by atoms with Gasteiger partial charge in [0.05, 0.1) is 0 Å². The number of rotatable bonds is 3. The largest absolute Gasteiger partial charge is 0.508 e. The second-order valence-electron chi connectivity index (χ2n) is 5.53. The van der Waals surface area contributed by atoms with Gasteiger partial charge in [0, 0.05) is 17.1 Å². The van der Waals surface area contributed by atoms with E-state index >= 15 is 0 Å². The molecule has 2 nitrogen and oxygen atoms in total. The van der Waals surface area contributed by atoms with Crippen molar-refractivity contribution in [3.05, 3.63) is 83.9 Å². The van der Waals surface area contributed by atoms with Gasteiger partial charge in [0.1, 0.15) is 5.75 Å². The Labute approximate surface area is 131 Å². The summed E-state index contributed by atoms with van der Waals surface area (Å²) in [5.74, 6) is 0.275. The number of anilines is 3. The lowest BCUT2D eigenvalue weighted by Crippen LogP contribution is -2.09. The molecule has 3 aromatic rings. The van der Waals surface area contributed by atoms with Crippen LogP contribution in [0.4, 0.5) is 17.1 Å². The highest BCUT2D eigenvalue weighted by Crippen LogP contribution is 2.35. The van der Waals surface area contributed by atoms with E-state index in [-0.39, 0.29) is 5.75 Å². The number of aryl methyl sites for hydroxylation is 2. The Morgan fingerprint density at radius 1 is 0.636 bits per heavy atom. The van der Waals surface area contributed by atoms with Crippen LogP contribution in [0.1, 0.15) is 11.1 Å². The minimum Gasteiger partial charge on any atom is -0.508 e. The fourth-order valence-electron chi connectivity index (χ4n) is 2.51. The Bertz CT molecular complexity index is 715. The molecule has 0 aromatic heterocycles. The predicted molar refractivity (Wildman–Crippen MR) is 92.3 cm³/mol. The van der Waals surface area contributed by atoms with Gasteiger partial charge in [0.2, 0.25) is 0 Å². The molecule has 3 rings (SSSR count). The lowest BCUT2D eigenvalue weighted by atomic mass is 10.1. The van der Waals surface area contributed by atoms with Gasteiger partial charge < -0.3 is 10.0 Å². The van der Waals surface area contributed by atoms with Crippen LogP contribution in [0.2, 0.25) is 0 Å². The van der Waals surface area contributed by atoms with Crippen LogP contribution in [0.15, 0.2) is 72.8 Å². The fraction of sp³-hybridized carbons (Fsp3) is 0.100. The first-order valence-corrected chi connectivity index (χ1v) is 7.36. The molecule has 0 aliphatic rings. The summed E-state index contributed by atoms with van der Waals surface area (Å²) < 4.78 is 0. The van der Waals surface area contributed by atoms with Gasteiger partial charge in [-0.15, -0.1) is 0 Å². The molecular formula is C20H19NO. The molecule has 0 saturated heterocycles. The van der Waals surface area contributed by atoms with E-state index in [9.17, 15) is 5.11 Å². The molecule has 0 fully saturated rings. The average molecular weight is 289 g/mol. The van der Waals surface area contributed by atoms with Crippen LogP contribution in [0, 0.1) is 13.8 Å². The van der Waals surface area contributed by atoms with Gasteiger partial charge in [-0.05, 0) is 67.9 Å². The highest BCUT2D eigenvalue weighted by Gasteiger charge is 2.12. The van der Waals surface area contributed by atoms with Crippen molar-refractivity contribution in [3.63, 3.8) is 0 Å². The molecule has 22 heavy (non-hydrogen) atoms. The molecule has 0 spiro atoms. The normalized spacial score (nSPS) is 10.5. The van der Waals surface area contributed by atoms with Crippen molar-refractivity contribution in [2.45, 2.75) is 13.8 Å². The van der Waals surface area contributed by atoms with E-state index in [2.05, 4.69) is 67.3 Å². The first-order valence-electron chi connectivity index (χ1n) is 7.36. The maximum Gasteiger partial charge on any atom is 0.115 e. The van der Waals surface area contributed by atoms with Crippen LogP contribution in [-0.4, -0.2) is 5.11 Å². The summed E-state index contributed by atoms with van der Waals surface area (Å²) in [6.07, 6.45) is 0. The summed E-state index contributed by atoms with van der Waals surface area (Å²) in [6, 6.07) is 24.1. The van der Waals surface area contributed by atoms with Crippen LogP contribution in [0.5, 0.6) is 5.75 Å². The van der Waals surface area contributed by atoms with Crippen molar-refractivity contribution in [3.8, 4) is 5.75 Å². The van der Waals surface area contributed by atoms with E-state index in [1.165, 1.54) is 11.1 Å². The number of hydrogen-bond acceptors (Lipinski definition) is 2. The number of phenols is 1. The summed E-state index contributed by atoms with van der Waals surface area (Å²) in [7, 11) is 0. The minimum atomic E-state index is 0.275. The van der Waals surface area contributed by atoms with Gasteiger partial charge in [-0.2, -0.15) is 0 Å². The van der Waals surface area contributed by atoms with Crippen molar-refractivity contribution >= 4 is 17.1 Å². The standard InChI is InChI=1S/C20H19NO/c1-15-6-8-17(9-7-15)21(18-10-12-20(22)13-11-18)19-5-3-4-16(2)14-19/h3-14,22H,1-2H3. The first-order chi connectivity index (χ1) is 10.6. The van der Waals surface area contributed by atoms with Gasteiger partial charge in [-0.3, -0.25) is 0 Å². The average Bonchev–Trinajstić information content (AvgIpc) is 2.51. The first kappa shape index (κ1) is 14.2. The van der Waals surface area contributed by atoms with Crippen LogP contribution >= 0.6 is 0 Å². The summed E-state index contributed by atoms with van der Waals surface area (Å²) in [6.45, 7) is 4.18. The Hall–Kier alpha value is -2.74. The van der Waals surface area contributed by atoms with Crippen LogP contribution in [-0.2, 0) is 0 Å². The molecule has 0 amide bonds. The number of phenolic OH excluding ortho intramolecular Hbond substituents is 1. The summed E-state index contributed by atoms with van der Waals surface area (Å²) in [5, 5.41) is 9.54. The molecule has 0 heterocycles. The number of hydrogen-bond donors (Lipinski definition) is 1. The number of aromatic hydroxyl groups is 1. The summed E-state index contributed by atoms with van der Waals surface area (Å²) >= 11 is 0. The van der Waals surface area contributed by atoms with Crippen LogP contribution in [0.25, 0.3) is 0 Å². The summed E-state index contributed by atoms with van der Waals surface area (Å²) in [5.41, 5.74) is 5.68. The monoisotopic (exact) mass is 289 g/mol. The molecule has 0 unspecified atom stereocenters. The van der Waals surface area contributed by atoms with Crippen molar-refractivity contribution in [1.82, 2.24) is 0 Å². The molecule has 3 aromatic carbocycles. The van der Waals surface area contributed by atoms with E-state index in [1.54, 1.807) is 12.1 Å². The molecule has 0 aliphatic carbocycles. The van der Waals surface area contributed by atoms with Crippen molar-refractivity contribution < 1.29 is 5.11 Å². The van der Waals surface area contributed by atoms with Crippen molar-refractivity contribution in [1.29, 1.82) is 0 Å². The molecule has 0 saturated carbocycles. The Morgan fingerprint density at radius 2 is 1.23 bits per heavy atom. The SMILES string of the molecule is Cc1ccc(N(c2ccc(O)cc2)c2cccc(C)c2)cc1. The van der Waals surface area contributed by atoms with Crippen molar-refractivity contribution in [2.75, 3.05) is 4.90 Å². The zero-order valence-corrected chi connectivity index (χ0v) is 12.8. The Morgan fingerprint density at radius 3 is 1.82 bits per heavy atom. The van der Waals surface area contributed by atoms with E-state index in [0.29, 0.717) is 0 Å². The number of nitrogens with zero attached hydrogens (tertiary/aromatic N) is 1. The zero-order chi connectivity index (χ0) is 15.5. The second kappa shape index (κ2) is 5.94. The third kappa shape index (κ3) is 2.96. The van der Waals surface area contributed by atoms with Gasteiger partial charge in [-0.25, -0.2) is 0 Å². The second-order valence-corrected chi connectivity index (χ2v) is 5.53.